The number of carbonyl (C=O) groups excluding carboxylic acids is 1. The summed E-state index contributed by atoms with van der Waals surface area (Å²) in [6.45, 7) is 0.311. The number of rotatable bonds is 3. The van der Waals surface area contributed by atoms with Crippen LogP contribution in [0.2, 0.25) is 0 Å². The lowest BCUT2D eigenvalue weighted by Gasteiger charge is -2.29. The molecule has 3 aromatic rings. The normalized spacial score (nSPS) is 14.1. The van der Waals surface area contributed by atoms with E-state index in [-0.39, 0.29) is 22.9 Å². The van der Waals surface area contributed by atoms with Gasteiger partial charge in [-0.1, -0.05) is 48.5 Å². The van der Waals surface area contributed by atoms with Crippen LogP contribution >= 0.6 is 0 Å². The highest BCUT2D eigenvalue weighted by Gasteiger charge is 2.26. The molecule has 3 aromatic carbocycles. The minimum atomic E-state index is -3.45. The fourth-order valence-electron chi connectivity index (χ4n) is 3.54. The molecule has 0 aliphatic carbocycles. The van der Waals surface area contributed by atoms with Crippen LogP contribution in [0.3, 0.4) is 0 Å². The molecule has 0 bridgehead atoms. The first-order valence-electron chi connectivity index (χ1n) is 8.81. The molecule has 0 radical (unpaired) electrons. The quantitative estimate of drug-likeness (QED) is 0.674. The number of halogens is 1. The Morgan fingerprint density at radius 1 is 0.929 bits per heavy atom. The van der Waals surface area contributed by atoms with Gasteiger partial charge in [0.05, 0.1) is 23.5 Å². The first kappa shape index (κ1) is 18.4. The molecule has 0 atom stereocenters. The van der Waals surface area contributed by atoms with Gasteiger partial charge in [-0.25, -0.2) is 12.8 Å². The lowest BCUT2D eigenvalue weighted by Crippen LogP contribution is -2.36. The molecule has 1 amide bonds. The fourth-order valence-corrected chi connectivity index (χ4v) is 4.45. The molecule has 6 heteroatoms. The van der Waals surface area contributed by atoms with Gasteiger partial charge in [-0.15, -0.1) is 0 Å². The Bertz CT molecular complexity index is 1190. The van der Waals surface area contributed by atoms with E-state index < -0.39 is 15.7 Å². The van der Waals surface area contributed by atoms with Gasteiger partial charge in [-0.2, -0.15) is 0 Å². The third-order valence-electron chi connectivity index (χ3n) is 4.93. The maximum atomic E-state index is 15.0. The van der Waals surface area contributed by atoms with Crippen molar-refractivity contribution in [1.82, 2.24) is 0 Å². The monoisotopic (exact) mass is 395 g/mol. The van der Waals surface area contributed by atoms with Gasteiger partial charge in [0, 0.05) is 11.8 Å². The van der Waals surface area contributed by atoms with Crippen molar-refractivity contribution in [3.63, 3.8) is 0 Å². The van der Waals surface area contributed by atoms with Crippen LogP contribution in [0.15, 0.2) is 71.6 Å². The number of sulfone groups is 1. The molecule has 0 unspecified atom stereocenters. The van der Waals surface area contributed by atoms with Crippen LogP contribution in [0.25, 0.3) is 11.1 Å². The fraction of sp³-hybridized carbons (Fsp3) is 0.136. The maximum Gasteiger partial charge on any atom is 0.231 e. The summed E-state index contributed by atoms with van der Waals surface area (Å²) in [6.07, 6.45) is 1.36. The van der Waals surface area contributed by atoms with Crippen molar-refractivity contribution in [3.05, 3.63) is 83.7 Å². The van der Waals surface area contributed by atoms with Crippen molar-refractivity contribution in [2.24, 2.45) is 0 Å². The standard InChI is InChI=1S/C22H18FNO3S/c1-28(26,27)21-9-5-4-8-18(21)16-10-11-20(19(23)12-16)24-14-17-7-3-2-6-15(17)13-22(24)25/h2-12H,13-14H2,1H3. The number of amides is 1. The molecule has 0 aromatic heterocycles. The van der Waals surface area contributed by atoms with E-state index in [9.17, 15) is 17.6 Å². The molecule has 4 rings (SSSR count). The van der Waals surface area contributed by atoms with E-state index in [2.05, 4.69) is 0 Å². The second-order valence-electron chi connectivity index (χ2n) is 6.86. The predicted octanol–water partition coefficient (Wildman–Crippen LogP) is 3.99. The van der Waals surface area contributed by atoms with Crippen LogP contribution in [0.1, 0.15) is 11.1 Å². The van der Waals surface area contributed by atoms with Crippen molar-refractivity contribution >= 4 is 21.4 Å². The molecule has 1 aliphatic heterocycles. The molecule has 28 heavy (non-hydrogen) atoms. The molecular formula is C22H18FNO3S. The topological polar surface area (TPSA) is 54.5 Å². The molecule has 0 spiro atoms. The third-order valence-corrected chi connectivity index (χ3v) is 6.08. The van der Waals surface area contributed by atoms with Crippen LogP contribution in [-0.4, -0.2) is 20.6 Å². The van der Waals surface area contributed by atoms with Crippen LogP contribution in [0.4, 0.5) is 10.1 Å². The van der Waals surface area contributed by atoms with Gasteiger partial charge in [0.15, 0.2) is 9.84 Å². The molecule has 142 valence electrons. The van der Waals surface area contributed by atoms with Gasteiger partial charge in [0.1, 0.15) is 5.82 Å². The van der Waals surface area contributed by atoms with E-state index in [1.54, 1.807) is 24.3 Å². The van der Waals surface area contributed by atoms with E-state index in [1.807, 2.05) is 24.3 Å². The first-order chi connectivity index (χ1) is 13.3. The Morgan fingerprint density at radius 2 is 1.61 bits per heavy atom. The number of anilines is 1. The number of fused-ring (bicyclic) bond motifs is 1. The van der Waals surface area contributed by atoms with Gasteiger partial charge < -0.3 is 4.90 Å². The molecule has 4 nitrogen and oxygen atoms in total. The van der Waals surface area contributed by atoms with Crippen molar-refractivity contribution < 1.29 is 17.6 Å². The number of hydrogen-bond donors (Lipinski definition) is 0. The number of carbonyl (C=O) groups is 1. The molecule has 0 fully saturated rings. The second kappa shape index (κ2) is 6.87. The zero-order chi connectivity index (χ0) is 19.9. The highest BCUT2D eigenvalue weighted by atomic mass is 32.2. The highest BCUT2D eigenvalue weighted by Crippen LogP contribution is 2.33. The van der Waals surface area contributed by atoms with E-state index >= 15 is 0 Å². The summed E-state index contributed by atoms with van der Waals surface area (Å²) in [5.41, 5.74) is 3.04. The minimum absolute atomic E-state index is 0.144. The molecule has 1 heterocycles. The molecule has 0 saturated carbocycles. The van der Waals surface area contributed by atoms with Crippen LogP contribution in [0, 0.1) is 5.82 Å². The predicted molar refractivity (Wildman–Crippen MR) is 106 cm³/mol. The van der Waals surface area contributed by atoms with Gasteiger partial charge in [0.25, 0.3) is 0 Å². The van der Waals surface area contributed by atoms with Crippen molar-refractivity contribution in [3.8, 4) is 11.1 Å². The Balaban J connectivity index is 1.74. The van der Waals surface area contributed by atoms with Crippen molar-refractivity contribution in [2.45, 2.75) is 17.9 Å². The maximum absolute atomic E-state index is 15.0. The van der Waals surface area contributed by atoms with Gasteiger partial charge in [-0.3, -0.25) is 4.79 Å². The first-order valence-corrected chi connectivity index (χ1v) is 10.7. The Morgan fingerprint density at radius 3 is 2.32 bits per heavy atom. The van der Waals surface area contributed by atoms with Gasteiger partial charge >= 0.3 is 0 Å². The molecular weight excluding hydrogens is 377 g/mol. The molecule has 0 N–H and O–H groups in total. The van der Waals surface area contributed by atoms with Crippen LogP contribution in [0.5, 0.6) is 0 Å². The lowest BCUT2D eigenvalue weighted by atomic mass is 9.98. The largest absolute Gasteiger partial charge is 0.305 e. The van der Waals surface area contributed by atoms with Crippen LogP contribution < -0.4 is 4.90 Å². The second-order valence-corrected chi connectivity index (χ2v) is 8.84. The Kier molecular flexibility index (Phi) is 4.51. The van der Waals surface area contributed by atoms with Crippen molar-refractivity contribution in [1.29, 1.82) is 0 Å². The number of hydrogen-bond acceptors (Lipinski definition) is 3. The van der Waals surface area contributed by atoms with Crippen LogP contribution in [-0.2, 0) is 27.6 Å². The Hall–Kier alpha value is -2.99. The molecule has 0 saturated heterocycles. The minimum Gasteiger partial charge on any atom is -0.305 e. The zero-order valence-corrected chi connectivity index (χ0v) is 16.0. The van der Waals surface area contributed by atoms with Gasteiger partial charge in [-0.05, 0) is 34.9 Å². The lowest BCUT2D eigenvalue weighted by molar-refractivity contribution is -0.118. The summed E-state index contributed by atoms with van der Waals surface area (Å²) in [5.74, 6) is -0.726. The number of benzene rings is 3. The average molecular weight is 395 g/mol. The van der Waals surface area contributed by atoms with E-state index in [0.717, 1.165) is 17.4 Å². The summed E-state index contributed by atoms with van der Waals surface area (Å²) in [6, 6.07) is 18.6. The average Bonchev–Trinajstić information content (AvgIpc) is 2.67. The summed E-state index contributed by atoms with van der Waals surface area (Å²) in [5, 5.41) is 0. The summed E-state index contributed by atoms with van der Waals surface area (Å²) < 4.78 is 39.0. The van der Waals surface area contributed by atoms with E-state index in [4.69, 9.17) is 0 Å². The highest BCUT2D eigenvalue weighted by molar-refractivity contribution is 7.90. The summed E-state index contributed by atoms with van der Waals surface area (Å²) in [7, 11) is -3.45. The van der Waals surface area contributed by atoms with Crippen molar-refractivity contribution in [2.75, 3.05) is 11.2 Å². The number of nitrogens with zero attached hydrogens (tertiary/aromatic N) is 1. The third kappa shape index (κ3) is 3.31. The van der Waals surface area contributed by atoms with E-state index in [0.29, 0.717) is 17.7 Å². The zero-order valence-electron chi connectivity index (χ0n) is 15.2. The van der Waals surface area contributed by atoms with E-state index in [1.165, 1.54) is 23.1 Å². The summed E-state index contributed by atoms with van der Waals surface area (Å²) >= 11 is 0. The smallest absolute Gasteiger partial charge is 0.231 e. The SMILES string of the molecule is CS(=O)(=O)c1ccccc1-c1ccc(N2Cc3ccccc3CC2=O)c(F)c1. The van der Waals surface area contributed by atoms with Gasteiger partial charge in [0.2, 0.25) is 5.91 Å². The Labute approximate surface area is 163 Å². The summed E-state index contributed by atoms with van der Waals surface area (Å²) in [4.78, 5) is 14.1. The molecule has 1 aliphatic rings.